The Bertz CT molecular complexity index is 874. The van der Waals surface area contributed by atoms with Crippen LogP contribution in [-0.4, -0.2) is 22.6 Å². The largest absolute Gasteiger partial charge is 0.496 e. The lowest BCUT2D eigenvalue weighted by molar-refractivity contribution is 0.0941. The average Bonchev–Trinajstić information content (AvgIpc) is 3.06. The highest BCUT2D eigenvalue weighted by Crippen LogP contribution is 2.29. The molecular formula is C19H18BrN3O2. The molecule has 25 heavy (non-hydrogen) atoms. The van der Waals surface area contributed by atoms with Gasteiger partial charge in [0.2, 0.25) is 0 Å². The van der Waals surface area contributed by atoms with Crippen LogP contribution in [0.5, 0.6) is 5.75 Å². The third-order valence-electron chi connectivity index (χ3n) is 3.95. The van der Waals surface area contributed by atoms with Crippen molar-refractivity contribution in [2.24, 2.45) is 7.05 Å². The maximum Gasteiger partial charge on any atom is 0.252 e. The number of carbonyl (C=O) groups is 1. The van der Waals surface area contributed by atoms with Gasteiger partial charge in [0.1, 0.15) is 17.6 Å². The zero-order valence-electron chi connectivity index (χ0n) is 13.9. The van der Waals surface area contributed by atoms with Gasteiger partial charge in [0, 0.05) is 35.0 Å². The lowest BCUT2D eigenvalue weighted by Gasteiger charge is -2.21. The van der Waals surface area contributed by atoms with Crippen molar-refractivity contribution < 1.29 is 9.53 Å². The minimum absolute atomic E-state index is 0.175. The number of hydrogen-bond acceptors (Lipinski definition) is 3. The zero-order chi connectivity index (χ0) is 17.8. The molecule has 0 aliphatic carbocycles. The highest BCUT2D eigenvalue weighted by Gasteiger charge is 2.24. The first-order chi connectivity index (χ1) is 12.1. The average molecular weight is 400 g/mol. The van der Waals surface area contributed by atoms with Gasteiger partial charge in [-0.1, -0.05) is 34.1 Å². The van der Waals surface area contributed by atoms with Gasteiger partial charge in [-0.3, -0.25) is 4.79 Å². The summed E-state index contributed by atoms with van der Waals surface area (Å²) < 4.78 is 8.29. The number of para-hydroxylation sites is 1. The van der Waals surface area contributed by atoms with E-state index in [0.717, 1.165) is 15.9 Å². The lowest BCUT2D eigenvalue weighted by Crippen LogP contribution is -2.31. The number of nitrogens with one attached hydrogen (secondary N) is 1. The van der Waals surface area contributed by atoms with Crippen molar-refractivity contribution in [1.29, 1.82) is 0 Å². The van der Waals surface area contributed by atoms with Gasteiger partial charge in [-0.25, -0.2) is 4.98 Å². The maximum atomic E-state index is 12.7. The minimum atomic E-state index is -0.424. The number of ether oxygens (including phenoxy) is 1. The molecule has 3 rings (SSSR count). The maximum absolute atomic E-state index is 12.7. The van der Waals surface area contributed by atoms with Crippen LogP contribution in [0.3, 0.4) is 0 Å². The predicted molar refractivity (Wildman–Crippen MR) is 99.7 cm³/mol. The molecule has 1 heterocycles. The molecule has 1 atom stereocenters. The molecule has 0 fully saturated rings. The summed E-state index contributed by atoms with van der Waals surface area (Å²) in [5.41, 5.74) is 1.43. The van der Waals surface area contributed by atoms with Crippen LogP contribution in [0.4, 0.5) is 0 Å². The number of methoxy groups -OCH3 is 1. The molecule has 0 saturated heterocycles. The van der Waals surface area contributed by atoms with Crippen molar-refractivity contribution >= 4 is 21.8 Å². The molecule has 1 aromatic heterocycles. The van der Waals surface area contributed by atoms with Gasteiger partial charge < -0.3 is 14.6 Å². The highest BCUT2D eigenvalue weighted by atomic mass is 79.9. The second kappa shape index (κ2) is 7.53. The highest BCUT2D eigenvalue weighted by molar-refractivity contribution is 9.10. The summed E-state index contributed by atoms with van der Waals surface area (Å²) in [6.45, 7) is 0. The SMILES string of the molecule is COc1ccccc1C(NC(=O)c1ccc(Br)cc1)c1nccn1C. The van der Waals surface area contributed by atoms with E-state index >= 15 is 0 Å². The van der Waals surface area contributed by atoms with Gasteiger partial charge in [-0.05, 0) is 30.3 Å². The second-order valence-corrected chi connectivity index (χ2v) is 6.47. The fourth-order valence-corrected chi connectivity index (χ4v) is 2.92. The smallest absolute Gasteiger partial charge is 0.252 e. The Kier molecular flexibility index (Phi) is 5.19. The Labute approximate surface area is 154 Å². The third-order valence-corrected chi connectivity index (χ3v) is 4.48. The number of imidazole rings is 1. The van der Waals surface area contributed by atoms with Crippen molar-refractivity contribution in [3.8, 4) is 5.75 Å². The van der Waals surface area contributed by atoms with E-state index in [0.29, 0.717) is 11.3 Å². The Morgan fingerprint density at radius 2 is 1.92 bits per heavy atom. The van der Waals surface area contributed by atoms with E-state index in [1.54, 1.807) is 25.4 Å². The number of aromatic nitrogens is 2. The number of aryl methyl sites for hydroxylation is 1. The normalized spacial score (nSPS) is 11.8. The number of halogens is 1. The zero-order valence-corrected chi connectivity index (χ0v) is 15.5. The van der Waals surface area contributed by atoms with Gasteiger partial charge in [-0.15, -0.1) is 0 Å². The summed E-state index contributed by atoms with van der Waals surface area (Å²) in [5, 5.41) is 3.07. The fourth-order valence-electron chi connectivity index (χ4n) is 2.66. The van der Waals surface area contributed by atoms with Crippen molar-refractivity contribution in [3.63, 3.8) is 0 Å². The second-order valence-electron chi connectivity index (χ2n) is 5.55. The molecule has 0 aliphatic heterocycles. The molecule has 1 unspecified atom stereocenters. The molecule has 6 heteroatoms. The Hall–Kier alpha value is -2.60. The summed E-state index contributed by atoms with van der Waals surface area (Å²) >= 11 is 3.38. The monoisotopic (exact) mass is 399 g/mol. The molecule has 0 radical (unpaired) electrons. The molecule has 0 bridgehead atoms. The number of benzene rings is 2. The van der Waals surface area contributed by atoms with Crippen LogP contribution in [0.1, 0.15) is 27.8 Å². The van der Waals surface area contributed by atoms with Crippen molar-refractivity contribution in [3.05, 3.63) is 82.3 Å². The fraction of sp³-hybridized carbons (Fsp3) is 0.158. The number of rotatable bonds is 5. The number of hydrogen-bond donors (Lipinski definition) is 1. The van der Waals surface area contributed by atoms with Gasteiger partial charge in [0.15, 0.2) is 0 Å². The summed E-state index contributed by atoms with van der Waals surface area (Å²) in [6, 6.07) is 14.4. The molecule has 1 amide bonds. The van der Waals surface area contributed by atoms with Gasteiger partial charge in [0.25, 0.3) is 5.91 Å². The summed E-state index contributed by atoms with van der Waals surface area (Å²) in [4.78, 5) is 17.2. The quantitative estimate of drug-likeness (QED) is 0.711. The molecule has 0 spiro atoms. The standard InChI is InChI=1S/C19H18BrN3O2/c1-23-12-11-21-18(23)17(15-5-3-4-6-16(15)25-2)22-19(24)13-7-9-14(20)10-8-13/h3-12,17H,1-2H3,(H,22,24). The first-order valence-electron chi connectivity index (χ1n) is 7.76. The topological polar surface area (TPSA) is 56.1 Å². The predicted octanol–water partition coefficient (Wildman–Crippen LogP) is 3.71. The first kappa shape index (κ1) is 17.2. The first-order valence-corrected chi connectivity index (χ1v) is 8.56. The van der Waals surface area contributed by atoms with E-state index in [4.69, 9.17) is 4.74 Å². The van der Waals surface area contributed by atoms with Crippen molar-refractivity contribution in [1.82, 2.24) is 14.9 Å². The van der Waals surface area contributed by atoms with Crippen LogP contribution in [0.15, 0.2) is 65.4 Å². The summed E-state index contributed by atoms with van der Waals surface area (Å²) in [6.07, 6.45) is 3.56. The molecule has 1 N–H and O–H groups in total. The van der Waals surface area contributed by atoms with Gasteiger partial charge >= 0.3 is 0 Å². The lowest BCUT2D eigenvalue weighted by atomic mass is 10.0. The summed E-state index contributed by atoms with van der Waals surface area (Å²) in [5.74, 6) is 1.26. The molecule has 2 aromatic carbocycles. The Morgan fingerprint density at radius 1 is 1.20 bits per heavy atom. The molecule has 5 nitrogen and oxygen atoms in total. The minimum Gasteiger partial charge on any atom is -0.496 e. The van der Waals surface area contributed by atoms with Crippen molar-refractivity contribution in [2.45, 2.75) is 6.04 Å². The Morgan fingerprint density at radius 3 is 2.56 bits per heavy atom. The number of nitrogens with zero attached hydrogens (tertiary/aromatic N) is 2. The Balaban J connectivity index is 1.99. The van der Waals surface area contributed by atoms with E-state index < -0.39 is 6.04 Å². The van der Waals surface area contributed by atoms with Gasteiger partial charge in [0.05, 0.1) is 7.11 Å². The van der Waals surface area contributed by atoms with Crippen LogP contribution in [0.2, 0.25) is 0 Å². The number of amides is 1. The molecule has 0 aliphatic rings. The molecule has 128 valence electrons. The number of carbonyl (C=O) groups excluding carboxylic acids is 1. The van der Waals surface area contributed by atoms with Crippen LogP contribution >= 0.6 is 15.9 Å². The van der Waals surface area contributed by atoms with E-state index in [2.05, 4.69) is 26.2 Å². The van der Waals surface area contributed by atoms with E-state index in [1.165, 1.54) is 0 Å². The molecule has 3 aromatic rings. The van der Waals surface area contributed by atoms with Crippen LogP contribution in [0, 0.1) is 0 Å². The van der Waals surface area contributed by atoms with Crippen molar-refractivity contribution in [2.75, 3.05) is 7.11 Å². The third kappa shape index (κ3) is 3.74. The van der Waals surface area contributed by atoms with Crippen LogP contribution < -0.4 is 10.1 Å². The van der Waals surface area contributed by atoms with E-state index in [-0.39, 0.29) is 5.91 Å². The summed E-state index contributed by atoms with van der Waals surface area (Å²) in [7, 11) is 3.52. The molecule has 0 saturated carbocycles. The van der Waals surface area contributed by atoms with Crippen LogP contribution in [0.25, 0.3) is 0 Å². The van der Waals surface area contributed by atoms with Gasteiger partial charge in [-0.2, -0.15) is 0 Å². The van der Waals surface area contributed by atoms with Crippen LogP contribution in [-0.2, 0) is 7.05 Å². The van der Waals surface area contributed by atoms with E-state index in [9.17, 15) is 4.79 Å². The molecular weight excluding hydrogens is 382 g/mol. The van der Waals surface area contributed by atoms with E-state index in [1.807, 2.05) is 54.2 Å².